The van der Waals surface area contributed by atoms with Gasteiger partial charge in [0.25, 0.3) is 0 Å². The quantitative estimate of drug-likeness (QED) is 0.865. The molecule has 1 rings (SSSR count). The molecule has 0 saturated carbocycles. The molecule has 1 atom stereocenters. The lowest BCUT2D eigenvalue weighted by Gasteiger charge is -2.08. The zero-order valence-electron chi connectivity index (χ0n) is 10.5. The second-order valence-electron chi connectivity index (χ2n) is 4.36. The van der Waals surface area contributed by atoms with Crippen LogP contribution in [0.25, 0.3) is 0 Å². The topological polar surface area (TPSA) is 49.3 Å². The largest absolute Gasteiger partial charge is 0.416 e. The number of carbonyl (C=O) groups is 1. The lowest BCUT2D eigenvalue weighted by atomic mass is 10.1. The van der Waals surface area contributed by atoms with E-state index in [4.69, 9.17) is 5.11 Å². The van der Waals surface area contributed by atoms with E-state index in [0.717, 1.165) is 12.1 Å². The van der Waals surface area contributed by atoms with E-state index >= 15 is 0 Å². The molecule has 0 aliphatic rings. The normalized spacial score (nSPS) is 13.1. The van der Waals surface area contributed by atoms with Crippen LogP contribution in [0.15, 0.2) is 24.3 Å². The molecule has 19 heavy (non-hydrogen) atoms. The number of aliphatic hydroxyl groups excluding tert-OH is 1. The van der Waals surface area contributed by atoms with Crippen molar-refractivity contribution in [1.29, 1.82) is 0 Å². The Morgan fingerprint density at radius 2 is 1.89 bits per heavy atom. The summed E-state index contributed by atoms with van der Waals surface area (Å²) < 4.78 is 37.0. The maximum Gasteiger partial charge on any atom is 0.416 e. The van der Waals surface area contributed by atoms with E-state index in [1.54, 1.807) is 6.92 Å². The molecule has 0 aliphatic carbocycles. The summed E-state index contributed by atoms with van der Waals surface area (Å²) in [4.78, 5) is 11.5. The Balaban J connectivity index is 2.47. The maximum absolute atomic E-state index is 12.3. The molecular formula is C13H16F3NO2. The number of aliphatic hydroxyl groups is 1. The number of nitrogens with one attached hydrogen (secondary N) is 1. The van der Waals surface area contributed by atoms with Gasteiger partial charge in [-0.1, -0.05) is 12.1 Å². The fourth-order valence-electron chi connectivity index (χ4n) is 1.48. The minimum absolute atomic E-state index is 0.0257. The van der Waals surface area contributed by atoms with Gasteiger partial charge in [-0.15, -0.1) is 0 Å². The van der Waals surface area contributed by atoms with Gasteiger partial charge in [-0.05, 0) is 31.0 Å². The predicted molar refractivity (Wildman–Crippen MR) is 64.5 cm³/mol. The highest BCUT2D eigenvalue weighted by Gasteiger charge is 2.29. The van der Waals surface area contributed by atoms with Gasteiger partial charge < -0.3 is 10.4 Å². The third kappa shape index (κ3) is 5.74. The first-order valence-corrected chi connectivity index (χ1v) is 5.90. The maximum atomic E-state index is 12.3. The summed E-state index contributed by atoms with van der Waals surface area (Å²) in [7, 11) is 0. The van der Waals surface area contributed by atoms with Gasteiger partial charge in [-0.25, -0.2) is 0 Å². The van der Waals surface area contributed by atoms with Crippen molar-refractivity contribution in [2.24, 2.45) is 0 Å². The first-order valence-electron chi connectivity index (χ1n) is 5.90. The van der Waals surface area contributed by atoms with Gasteiger partial charge in [0.2, 0.25) is 5.91 Å². The van der Waals surface area contributed by atoms with Gasteiger partial charge in [0.1, 0.15) is 0 Å². The smallest absolute Gasteiger partial charge is 0.393 e. The number of carbonyl (C=O) groups excluding carboxylic acids is 1. The van der Waals surface area contributed by atoms with Crippen LogP contribution < -0.4 is 5.32 Å². The molecule has 3 nitrogen and oxygen atoms in total. The Morgan fingerprint density at radius 1 is 1.32 bits per heavy atom. The SMILES string of the molecule is CC(O)CCNC(=O)Cc1ccc(C(F)(F)F)cc1. The molecule has 0 aliphatic heterocycles. The molecule has 1 aromatic carbocycles. The van der Waals surface area contributed by atoms with Crippen LogP contribution in [-0.4, -0.2) is 23.7 Å². The lowest BCUT2D eigenvalue weighted by Crippen LogP contribution is -2.27. The first kappa shape index (κ1) is 15.5. The highest BCUT2D eigenvalue weighted by Crippen LogP contribution is 2.29. The van der Waals surface area contributed by atoms with E-state index < -0.39 is 17.8 Å². The average molecular weight is 275 g/mol. The van der Waals surface area contributed by atoms with Crippen LogP contribution in [0.5, 0.6) is 0 Å². The molecule has 0 saturated heterocycles. The summed E-state index contributed by atoms with van der Waals surface area (Å²) in [5, 5.41) is 11.6. The van der Waals surface area contributed by atoms with Crippen molar-refractivity contribution in [3.63, 3.8) is 0 Å². The second kappa shape index (κ2) is 6.56. The molecule has 0 spiro atoms. The Morgan fingerprint density at radius 3 is 2.37 bits per heavy atom. The highest BCUT2D eigenvalue weighted by molar-refractivity contribution is 5.78. The van der Waals surface area contributed by atoms with E-state index in [1.807, 2.05) is 0 Å². The molecule has 1 aromatic rings. The third-order valence-electron chi connectivity index (χ3n) is 2.53. The number of alkyl halides is 3. The molecule has 0 bridgehead atoms. The molecule has 2 N–H and O–H groups in total. The zero-order chi connectivity index (χ0) is 14.5. The van der Waals surface area contributed by atoms with E-state index in [2.05, 4.69) is 5.32 Å². The minimum atomic E-state index is -4.36. The fourth-order valence-corrected chi connectivity index (χ4v) is 1.48. The Labute approximate surface area is 109 Å². The summed E-state index contributed by atoms with van der Waals surface area (Å²) in [5.41, 5.74) is -0.215. The summed E-state index contributed by atoms with van der Waals surface area (Å²) >= 11 is 0. The third-order valence-corrected chi connectivity index (χ3v) is 2.53. The molecule has 1 amide bonds. The molecule has 0 aromatic heterocycles. The molecular weight excluding hydrogens is 259 g/mol. The van der Waals surface area contributed by atoms with E-state index in [9.17, 15) is 18.0 Å². The number of benzene rings is 1. The van der Waals surface area contributed by atoms with Gasteiger partial charge >= 0.3 is 6.18 Å². The van der Waals surface area contributed by atoms with Crippen LogP contribution in [-0.2, 0) is 17.4 Å². The van der Waals surface area contributed by atoms with Crippen LogP contribution in [0.3, 0.4) is 0 Å². The van der Waals surface area contributed by atoms with Crippen LogP contribution in [0, 0.1) is 0 Å². The number of amides is 1. The van der Waals surface area contributed by atoms with Gasteiger partial charge in [0.05, 0.1) is 18.1 Å². The van der Waals surface area contributed by atoms with Crippen LogP contribution >= 0.6 is 0 Å². The summed E-state index contributed by atoms with van der Waals surface area (Å²) in [6.07, 6.45) is -4.39. The highest BCUT2D eigenvalue weighted by atomic mass is 19.4. The minimum Gasteiger partial charge on any atom is -0.393 e. The summed E-state index contributed by atoms with van der Waals surface area (Å²) in [6.45, 7) is 1.96. The average Bonchev–Trinajstić information content (AvgIpc) is 2.27. The van der Waals surface area contributed by atoms with Gasteiger partial charge in [0.15, 0.2) is 0 Å². The lowest BCUT2D eigenvalue weighted by molar-refractivity contribution is -0.137. The predicted octanol–water partition coefficient (Wildman–Crippen LogP) is 2.13. The molecule has 0 fully saturated rings. The fraction of sp³-hybridized carbons (Fsp3) is 0.462. The van der Waals surface area contributed by atoms with E-state index in [0.29, 0.717) is 18.5 Å². The second-order valence-corrected chi connectivity index (χ2v) is 4.36. The van der Waals surface area contributed by atoms with Gasteiger partial charge in [-0.3, -0.25) is 4.79 Å². The van der Waals surface area contributed by atoms with Crippen molar-refractivity contribution < 1.29 is 23.1 Å². The Hall–Kier alpha value is -1.56. The van der Waals surface area contributed by atoms with Crippen molar-refractivity contribution in [1.82, 2.24) is 5.32 Å². The van der Waals surface area contributed by atoms with Crippen molar-refractivity contribution >= 4 is 5.91 Å². The van der Waals surface area contributed by atoms with Crippen molar-refractivity contribution in [2.45, 2.75) is 32.0 Å². The molecule has 0 radical (unpaired) electrons. The number of halogens is 3. The molecule has 1 unspecified atom stereocenters. The Kier molecular flexibility index (Phi) is 5.35. The molecule has 6 heteroatoms. The molecule has 106 valence electrons. The van der Waals surface area contributed by atoms with Crippen LogP contribution in [0.1, 0.15) is 24.5 Å². The van der Waals surface area contributed by atoms with Crippen molar-refractivity contribution in [2.75, 3.05) is 6.54 Å². The summed E-state index contributed by atoms with van der Waals surface area (Å²) in [5.74, 6) is -0.277. The zero-order valence-corrected chi connectivity index (χ0v) is 10.5. The number of hydrogen-bond donors (Lipinski definition) is 2. The standard InChI is InChI=1S/C13H16F3NO2/c1-9(18)6-7-17-12(19)8-10-2-4-11(5-3-10)13(14,15)16/h2-5,9,18H,6-8H2,1H3,(H,17,19). The van der Waals surface area contributed by atoms with Crippen LogP contribution in [0.4, 0.5) is 13.2 Å². The Bertz CT molecular complexity index is 413. The number of rotatable bonds is 5. The van der Waals surface area contributed by atoms with Crippen LogP contribution in [0.2, 0.25) is 0 Å². The number of hydrogen-bond acceptors (Lipinski definition) is 2. The summed E-state index contributed by atoms with van der Waals surface area (Å²) in [6, 6.07) is 4.49. The monoisotopic (exact) mass is 275 g/mol. The van der Waals surface area contributed by atoms with Crippen molar-refractivity contribution in [3.8, 4) is 0 Å². The van der Waals surface area contributed by atoms with Gasteiger partial charge in [-0.2, -0.15) is 13.2 Å². The van der Waals surface area contributed by atoms with E-state index in [1.165, 1.54) is 12.1 Å². The first-order chi connectivity index (χ1) is 8.79. The van der Waals surface area contributed by atoms with Gasteiger partial charge in [0, 0.05) is 6.54 Å². The molecule has 0 heterocycles. The van der Waals surface area contributed by atoms with Crippen molar-refractivity contribution in [3.05, 3.63) is 35.4 Å². The van der Waals surface area contributed by atoms with E-state index in [-0.39, 0.29) is 12.3 Å².